The topological polar surface area (TPSA) is 102 Å². The van der Waals surface area contributed by atoms with Gasteiger partial charge in [-0.1, -0.05) is 30.3 Å². The zero-order chi connectivity index (χ0) is 18.7. The van der Waals surface area contributed by atoms with E-state index in [-0.39, 0.29) is 17.1 Å². The summed E-state index contributed by atoms with van der Waals surface area (Å²) in [6, 6.07) is 16.8. The van der Waals surface area contributed by atoms with Gasteiger partial charge in [0.1, 0.15) is 22.9 Å². The van der Waals surface area contributed by atoms with Crippen molar-refractivity contribution in [2.75, 3.05) is 0 Å². The molecule has 0 spiro atoms. The van der Waals surface area contributed by atoms with Gasteiger partial charge < -0.3 is 15.2 Å². The van der Waals surface area contributed by atoms with Gasteiger partial charge in [-0.05, 0) is 41.1 Å². The summed E-state index contributed by atoms with van der Waals surface area (Å²) >= 11 is 0. The van der Waals surface area contributed by atoms with E-state index in [1.807, 2.05) is 0 Å². The van der Waals surface area contributed by atoms with Crippen molar-refractivity contribution in [3.63, 3.8) is 0 Å². The highest BCUT2D eigenvalue weighted by atomic mass is 16.5. The van der Waals surface area contributed by atoms with Gasteiger partial charge in [0.15, 0.2) is 0 Å². The zero-order valence-electron chi connectivity index (χ0n) is 14.0. The van der Waals surface area contributed by atoms with E-state index in [0.717, 1.165) is 10.8 Å². The third kappa shape index (κ3) is 3.70. The lowest BCUT2D eigenvalue weighted by atomic mass is 10.1. The molecule has 0 amide bonds. The first-order chi connectivity index (χ1) is 12.4. The number of rotatable bonds is 4. The molecule has 0 saturated heterocycles. The fourth-order valence-electron chi connectivity index (χ4n) is 2.50. The number of ether oxygens (including phenoxy) is 2. The molecule has 0 aromatic heterocycles. The monoisotopic (exact) mass is 348 g/mol. The van der Waals surface area contributed by atoms with Crippen molar-refractivity contribution in [2.24, 2.45) is 5.73 Å². The third-order valence-electron chi connectivity index (χ3n) is 3.69. The maximum Gasteiger partial charge on any atom is 0.347 e. The van der Waals surface area contributed by atoms with E-state index in [2.05, 4.69) is 0 Å². The van der Waals surface area contributed by atoms with Gasteiger partial charge in [-0.3, -0.25) is 10.2 Å². The first-order valence-electron chi connectivity index (χ1n) is 7.82. The van der Waals surface area contributed by atoms with Crippen LogP contribution in [0.15, 0.2) is 60.7 Å². The number of hydrogen-bond donors (Lipinski definition) is 2. The van der Waals surface area contributed by atoms with E-state index >= 15 is 0 Å². The highest BCUT2D eigenvalue weighted by Gasteiger charge is 2.16. The number of hydrogen-bond acceptors (Lipinski definition) is 5. The average Bonchev–Trinajstić information content (AvgIpc) is 2.61. The van der Waals surface area contributed by atoms with Crippen LogP contribution in [0.3, 0.4) is 0 Å². The van der Waals surface area contributed by atoms with Gasteiger partial charge >= 0.3 is 11.9 Å². The molecule has 3 aromatic carbocycles. The third-order valence-corrected chi connectivity index (χ3v) is 3.69. The highest BCUT2D eigenvalue weighted by Crippen LogP contribution is 2.25. The summed E-state index contributed by atoms with van der Waals surface area (Å²) in [4.78, 5) is 23.6. The Labute approximate surface area is 149 Å². The Morgan fingerprint density at radius 3 is 2.35 bits per heavy atom. The Bertz CT molecular complexity index is 1030. The van der Waals surface area contributed by atoms with E-state index in [4.69, 9.17) is 20.6 Å². The second-order valence-electron chi connectivity index (χ2n) is 5.62. The van der Waals surface area contributed by atoms with E-state index in [9.17, 15) is 9.59 Å². The molecule has 0 atom stereocenters. The summed E-state index contributed by atoms with van der Waals surface area (Å²) < 4.78 is 10.4. The van der Waals surface area contributed by atoms with Gasteiger partial charge in [0.05, 0.1) is 0 Å². The lowest BCUT2D eigenvalue weighted by Crippen LogP contribution is -2.12. The van der Waals surface area contributed by atoms with Crippen molar-refractivity contribution in [2.45, 2.75) is 6.92 Å². The second kappa shape index (κ2) is 7.06. The molecule has 0 heterocycles. The normalized spacial score (nSPS) is 10.3. The number of esters is 2. The molecule has 0 aliphatic carbocycles. The van der Waals surface area contributed by atoms with Crippen LogP contribution in [0.2, 0.25) is 0 Å². The van der Waals surface area contributed by atoms with Crippen LogP contribution in [0, 0.1) is 5.41 Å². The molecular formula is C20H16N2O4. The standard InChI is InChI=1S/C20H16N2O4/c1-12(23)25-18-5-3-2-4-17(18)20(24)26-16-9-8-13-10-15(19(21)22)7-6-14(13)11-16/h2-11H,1H3,(H3,21,22). The van der Waals surface area contributed by atoms with Gasteiger partial charge in [0.2, 0.25) is 0 Å². The molecular weight excluding hydrogens is 332 g/mol. The number of nitrogens with one attached hydrogen (secondary N) is 1. The molecule has 6 heteroatoms. The van der Waals surface area contributed by atoms with Gasteiger partial charge in [-0.2, -0.15) is 0 Å². The SMILES string of the molecule is CC(=O)Oc1ccccc1C(=O)Oc1ccc2cc(C(=N)N)ccc2c1. The Kier molecular flexibility index (Phi) is 4.66. The molecule has 130 valence electrons. The fourth-order valence-corrected chi connectivity index (χ4v) is 2.50. The summed E-state index contributed by atoms with van der Waals surface area (Å²) in [5.74, 6) is -0.643. The minimum Gasteiger partial charge on any atom is -0.426 e. The minimum atomic E-state index is -0.624. The Hall–Kier alpha value is -3.67. The summed E-state index contributed by atoms with van der Waals surface area (Å²) in [5.41, 5.74) is 6.28. The Morgan fingerprint density at radius 1 is 0.923 bits per heavy atom. The molecule has 0 saturated carbocycles. The molecule has 0 radical (unpaired) electrons. The van der Waals surface area contributed by atoms with E-state index < -0.39 is 11.9 Å². The molecule has 0 aliphatic rings. The summed E-state index contributed by atoms with van der Waals surface area (Å²) in [6.45, 7) is 1.26. The predicted octanol–water partition coefficient (Wildman–Crippen LogP) is 3.27. The van der Waals surface area contributed by atoms with Crippen molar-refractivity contribution in [1.82, 2.24) is 0 Å². The molecule has 3 rings (SSSR count). The van der Waals surface area contributed by atoms with Crippen LogP contribution in [0.25, 0.3) is 10.8 Å². The molecule has 0 bridgehead atoms. The smallest absolute Gasteiger partial charge is 0.347 e. The summed E-state index contributed by atoms with van der Waals surface area (Å²) in [6.07, 6.45) is 0. The van der Waals surface area contributed by atoms with Gasteiger partial charge in [0, 0.05) is 12.5 Å². The number of fused-ring (bicyclic) bond motifs is 1. The van der Waals surface area contributed by atoms with Crippen molar-refractivity contribution in [1.29, 1.82) is 5.41 Å². The molecule has 6 nitrogen and oxygen atoms in total. The van der Waals surface area contributed by atoms with Crippen molar-refractivity contribution < 1.29 is 19.1 Å². The quantitative estimate of drug-likeness (QED) is 0.326. The van der Waals surface area contributed by atoms with Crippen molar-refractivity contribution in [3.05, 3.63) is 71.8 Å². The number of nitrogen functional groups attached to an aromatic ring is 1. The summed E-state index contributed by atoms with van der Waals surface area (Å²) in [7, 11) is 0. The second-order valence-corrected chi connectivity index (χ2v) is 5.62. The van der Waals surface area contributed by atoms with Crippen LogP contribution in [0.5, 0.6) is 11.5 Å². The van der Waals surface area contributed by atoms with Crippen molar-refractivity contribution >= 4 is 28.5 Å². The largest absolute Gasteiger partial charge is 0.426 e. The number of carbonyl (C=O) groups is 2. The molecule has 3 N–H and O–H groups in total. The molecule has 26 heavy (non-hydrogen) atoms. The van der Waals surface area contributed by atoms with Crippen LogP contribution in [-0.4, -0.2) is 17.8 Å². The highest BCUT2D eigenvalue weighted by molar-refractivity contribution is 5.99. The Balaban J connectivity index is 1.87. The minimum absolute atomic E-state index is 0.00974. The number of benzene rings is 3. The molecule has 3 aromatic rings. The Morgan fingerprint density at radius 2 is 1.62 bits per heavy atom. The number of carbonyl (C=O) groups excluding carboxylic acids is 2. The van der Waals surface area contributed by atoms with Gasteiger partial charge in [-0.15, -0.1) is 0 Å². The van der Waals surface area contributed by atoms with Crippen LogP contribution >= 0.6 is 0 Å². The maximum absolute atomic E-state index is 12.4. The average molecular weight is 348 g/mol. The van der Waals surface area contributed by atoms with E-state index in [0.29, 0.717) is 11.3 Å². The zero-order valence-corrected chi connectivity index (χ0v) is 14.0. The van der Waals surface area contributed by atoms with Crippen LogP contribution < -0.4 is 15.2 Å². The summed E-state index contributed by atoms with van der Waals surface area (Å²) in [5, 5.41) is 9.20. The first-order valence-corrected chi connectivity index (χ1v) is 7.82. The molecule has 0 fully saturated rings. The van der Waals surface area contributed by atoms with Crippen LogP contribution in [0.1, 0.15) is 22.8 Å². The van der Waals surface area contributed by atoms with Crippen LogP contribution in [0.4, 0.5) is 0 Å². The number of nitrogens with two attached hydrogens (primary N) is 1. The molecule has 0 aliphatic heterocycles. The first kappa shape index (κ1) is 17.2. The predicted molar refractivity (Wildman–Crippen MR) is 97.7 cm³/mol. The molecule has 0 unspecified atom stereocenters. The van der Waals surface area contributed by atoms with Crippen molar-refractivity contribution in [3.8, 4) is 11.5 Å². The fraction of sp³-hybridized carbons (Fsp3) is 0.0500. The number of para-hydroxylation sites is 1. The van der Waals surface area contributed by atoms with E-state index in [1.165, 1.54) is 19.1 Å². The number of amidine groups is 1. The van der Waals surface area contributed by atoms with Gasteiger partial charge in [-0.25, -0.2) is 4.79 Å². The van der Waals surface area contributed by atoms with Gasteiger partial charge in [0.25, 0.3) is 0 Å². The lowest BCUT2D eigenvalue weighted by Gasteiger charge is -2.09. The van der Waals surface area contributed by atoms with E-state index in [1.54, 1.807) is 48.5 Å². The maximum atomic E-state index is 12.4. The lowest BCUT2D eigenvalue weighted by molar-refractivity contribution is -0.131. The van der Waals surface area contributed by atoms with Crippen LogP contribution in [-0.2, 0) is 4.79 Å².